The molecule has 4 rings (SSSR count). The van der Waals surface area contributed by atoms with Gasteiger partial charge in [-0.15, -0.1) is 0 Å². The van der Waals surface area contributed by atoms with Gasteiger partial charge in [-0.05, 0) is 66.5 Å². The van der Waals surface area contributed by atoms with Gasteiger partial charge in [0.15, 0.2) is 0 Å². The van der Waals surface area contributed by atoms with Crippen LogP contribution in [0.25, 0.3) is 11.1 Å². The number of pyridine rings is 2. The van der Waals surface area contributed by atoms with Gasteiger partial charge in [0, 0.05) is 49.9 Å². The second-order valence-electron chi connectivity index (χ2n) is 11.7. The van der Waals surface area contributed by atoms with Crippen molar-refractivity contribution in [1.29, 1.82) is 0 Å². The van der Waals surface area contributed by atoms with E-state index in [1.54, 1.807) is 24.7 Å². The lowest BCUT2D eigenvalue weighted by molar-refractivity contribution is -0.141. The number of hydrogen-bond donors (Lipinski definition) is 1. The van der Waals surface area contributed by atoms with Crippen LogP contribution in [0.15, 0.2) is 59.8 Å². The number of alkyl halides is 1. The molecule has 3 heterocycles. The van der Waals surface area contributed by atoms with Gasteiger partial charge in [-0.1, -0.05) is 38.1 Å². The van der Waals surface area contributed by atoms with E-state index < -0.39 is 24.2 Å². The predicted octanol–water partition coefficient (Wildman–Crippen LogP) is 5.08. The zero-order chi connectivity index (χ0) is 30.4. The lowest BCUT2D eigenvalue weighted by Crippen LogP contribution is -2.40. The molecule has 42 heavy (non-hydrogen) atoms. The van der Waals surface area contributed by atoms with E-state index in [9.17, 15) is 18.8 Å². The molecule has 1 saturated heterocycles. The highest BCUT2D eigenvalue weighted by molar-refractivity contribution is 5.82. The van der Waals surface area contributed by atoms with Gasteiger partial charge >= 0.3 is 5.97 Å². The molecular weight excluding hydrogens is 535 g/mol. The fourth-order valence-electron chi connectivity index (χ4n) is 5.69. The normalized spacial score (nSPS) is 16.8. The molecule has 224 valence electrons. The number of amides is 1. The van der Waals surface area contributed by atoms with Crippen molar-refractivity contribution in [1.82, 2.24) is 19.8 Å². The van der Waals surface area contributed by atoms with Crippen LogP contribution in [0.3, 0.4) is 0 Å². The molecule has 0 bridgehead atoms. The summed E-state index contributed by atoms with van der Waals surface area (Å²) in [5.74, 6) is -0.747. The highest BCUT2D eigenvalue weighted by Gasteiger charge is 2.28. The van der Waals surface area contributed by atoms with E-state index in [-0.39, 0.29) is 23.8 Å². The van der Waals surface area contributed by atoms with Crippen LogP contribution < -0.4 is 10.9 Å². The Labute approximate surface area is 246 Å². The minimum absolute atomic E-state index is 0.0944. The van der Waals surface area contributed by atoms with Crippen LogP contribution in [0.5, 0.6) is 0 Å². The minimum atomic E-state index is -0.843. The van der Waals surface area contributed by atoms with Gasteiger partial charge in [0.05, 0.1) is 19.6 Å². The Kier molecular flexibility index (Phi) is 10.3. The predicted molar refractivity (Wildman–Crippen MR) is 161 cm³/mol. The molecule has 1 amide bonds. The molecule has 0 spiro atoms. The van der Waals surface area contributed by atoms with Crippen molar-refractivity contribution in [3.05, 3.63) is 87.6 Å². The van der Waals surface area contributed by atoms with Gasteiger partial charge in [-0.3, -0.25) is 24.3 Å². The van der Waals surface area contributed by atoms with Gasteiger partial charge in [-0.2, -0.15) is 0 Å². The van der Waals surface area contributed by atoms with E-state index in [2.05, 4.69) is 10.3 Å². The van der Waals surface area contributed by atoms with E-state index in [1.807, 2.05) is 56.9 Å². The first-order valence-electron chi connectivity index (χ1n) is 14.5. The summed E-state index contributed by atoms with van der Waals surface area (Å²) in [6.45, 7) is 9.56. The molecule has 9 heteroatoms. The third-order valence-corrected chi connectivity index (χ3v) is 7.80. The Hall–Kier alpha value is -3.85. The zero-order valence-electron chi connectivity index (χ0n) is 25.1. The summed E-state index contributed by atoms with van der Waals surface area (Å²) in [7, 11) is 1.31. The fourth-order valence-corrected chi connectivity index (χ4v) is 5.69. The summed E-state index contributed by atoms with van der Waals surface area (Å²) in [6, 6.07) is 9.67. The van der Waals surface area contributed by atoms with Crippen molar-refractivity contribution in [3.8, 4) is 11.1 Å². The van der Waals surface area contributed by atoms with Gasteiger partial charge in [-0.25, -0.2) is 4.39 Å². The quantitative estimate of drug-likeness (QED) is 0.320. The van der Waals surface area contributed by atoms with Gasteiger partial charge in [0.1, 0.15) is 12.2 Å². The second-order valence-corrected chi connectivity index (χ2v) is 11.7. The number of carbonyl (C=O) groups is 2. The number of halogens is 1. The fraction of sp³-hybridized carbons (Fsp3) is 0.455. The van der Waals surface area contributed by atoms with Crippen LogP contribution in [-0.4, -0.2) is 52.7 Å². The molecule has 3 atom stereocenters. The summed E-state index contributed by atoms with van der Waals surface area (Å²) in [4.78, 5) is 45.9. The van der Waals surface area contributed by atoms with Gasteiger partial charge in [0.25, 0.3) is 5.56 Å². The first-order chi connectivity index (χ1) is 20.0. The Bertz CT molecular complexity index is 1450. The van der Waals surface area contributed by atoms with E-state index in [4.69, 9.17) is 4.74 Å². The lowest BCUT2D eigenvalue weighted by Gasteiger charge is -2.26. The average Bonchev–Trinajstić information content (AvgIpc) is 3.36. The summed E-state index contributed by atoms with van der Waals surface area (Å²) in [6.07, 6.45) is 5.10. The topological polar surface area (TPSA) is 93.5 Å². The number of carbonyl (C=O) groups excluding carboxylic acids is 2. The van der Waals surface area contributed by atoms with Crippen LogP contribution in [0.1, 0.15) is 67.4 Å². The van der Waals surface area contributed by atoms with Crippen LogP contribution >= 0.6 is 0 Å². The average molecular weight is 577 g/mol. The monoisotopic (exact) mass is 576 g/mol. The molecule has 1 aliphatic rings. The van der Waals surface area contributed by atoms with Crippen molar-refractivity contribution < 1.29 is 18.7 Å². The minimum Gasteiger partial charge on any atom is -0.469 e. The number of aromatic nitrogens is 2. The van der Waals surface area contributed by atoms with E-state index in [0.29, 0.717) is 38.0 Å². The summed E-state index contributed by atoms with van der Waals surface area (Å²) in [5, 5.41) is 3.04. The number of benzene rings is 1. The number of hydrogen-bond acceptors (Lipinski definition) is 6. The first kappa shape index (κ1) is 31.1. The molecule has 0 aliphatic carbocycles. The third kappa shape index (κ3) is 7.70. The summed E-state index contributed by atoms with van der Waals surface area (Å²) in [5.41, 5.74) is 5.31. The highest BCUT2D eigenvalue weighted by Crippen LogP contribution is 2.30. The molecule has 8 nitrogen and oxygen atoms in total. The van der Waals surface area contributed by atoms with Crippen LogP contribution in [0.4, 0.5) is 4.39 Å². The largest absolute Gasteiger partial charge is 0.469 e. The molecule has 1 aliphatic heterocycles. The molecule has 1 fully saturated rings. The summed E-state index contributed by atoms with van der Waals surface area (Å²) < 4.78 is 20.2. The molecule has 1 N–H and O–H groups in total. The number of esters is 1. The molecular formula is C33H41FN4O4. The SMILES string of the molecule is COC(=O)C[C@H](NC(=O)C(CC(C)C)n1cc(CN2CC[C@@H](F)C2)ccc1=O)c1cncc(-c2c(C)cccc2C)c1. The van der Waals surface area contributed by atoms with Gasteiger partial charge < -0.3 is 14.6 Å². The van der Waals surface area contributed by atoms with Gasteiger partial charge in [0.2, 0.25) is 5.91 Å². The van der Waals surface area contributed by atoms with Crippen molar-refractivity contribution in [3.63, 3.8) is 0 Å². The van der Waals surface area contributed by atoms with Crippen LogP contribution in [0.2, 0.25) is 0 Å². The molecule has 0 saturated carbocycles. The zero-order valence-corrected chi connectivity index (χ0v) is 25.1. The third-order valence-electron chi connectivity index (χ3n) is 7.80. The van der Waals surface area contributed by atoms with Crippen molar-refractivity contribution in [2.24, 2.45) is 5.92 Å². The number of nitrogens with one attached hydrogen (secondary N) is 1. The Balaban J connectivity index is 1.66. The highest BCUT2D eigenvalue weighted by atomic mass is 19.1. The number of nitrogens with zero attached hydrogens (tertiary/aromatic N) is 3. The van der Waals surface area contributed by atoms with Crippen LogP contribution in [-0.2, 0) is 20.9 Å². The van der Waals surface area contributed by atoms with Crippen molar-refractivity contribution >= 4 is 11.9 Å². The standard InChI is InChI=1S/C33H41FN4O4/c1-21(2)13-29(38-19-24(9-10-30(38)39)18-37-12-11-27(34)20-37)33(41)36-28(15-31(40)42-5)25-14-26(17-35-16-25)32-22(3)7-6-8-23(32)4/h6-10,14,16-17,19,21,27-29H,11-13,15,18,20H2,1-5H3,(H,36,41)/t27-,28+,29?/m1/s1. The van der Waals surface area contributed by atoms with Crippen LogP contribution in [0, 0.1) is 19.8 Å². The van der Waals surface area contributed by atoms with E-state index >= 15 is 0 Å². The second kappa shape index (κ2) is 13.9. The van der Waals surface area contributed by atoms with E-state index in [0.717, 1.165) is 27.8 Å². The molecule has 0 radical (unpaired) electrons. The summed E-state index contributed by atoms with van der Waals surface area (Å²) >= 11 is 0. The number of ether oxygens (including phenoxy) is 1. The lowest BCUT2D eigenvalue weighted by atomic mass is 9.94. The molecule has 1 aromatic carbocycles. The van der Waals surface area contributed by atoms with Crippen molar-refractivity contribution in [2.45, 2.75) is 71.8 Å². The smallest absolute Gasteiger partial charge is 0.307 e. The first-order valence-corrected chi connectivity index (χ1v) is 14.5. The number of likely N-dealkylation sites (tertiary alicyclic amines) is 1. The Morgan fingerprint density at radius 2 is 1.88 bits per heavy atom. The van der Waals surface area contributed by atoms with E-state index in [1.165, 1.54) is 17.7 Å². The number of rotatable bonds is 11. The molecule has 3 aromatic rings. The maximum atomic E-state index is 13.9. The Morgan fingerprint density at radius 3 is 2.52 bits per heavy atom. The van der Waals surface area contributed by atoms with Crippen molar-refractivity contribution in [2.75, 3.05) is 20.2 Å². The maximum absolute atomic E-state index is 13.9. The number of methoxy groups -OCH3 is 1. The molecule has 2 aromatic heterocycles. The Morgan fingerprint density at radius 1 is 1.14 bits per heavy atom. The number of aryl methyl sites for hydroxylation is 2. The maximum Gasteiger partial charge on any atom is 0.307 e. The molecule has 1 unspecified atom stereocenters.